The van der Waals surface area contributed by atoms with Crippen LogP contribution in [0.25, 0.3) is 0 Å². The second-order valence-corrected chi connectivity index (χ2v) is 4.53. The highest BCUT2D eigenvalue weighted by molar-refractivity contribution is 7.08. The summed E-state index contributed by atoms with van der Waals surface area (Å²) in [7, 11) is 0. The van der Waals surface area contributed by atoms with E-state index in [2.05, 4.69) is 15.3 Å². The van der Waals surface area contributed by atoms with Crippen LogP contribution in [-0.4, -0.2) is 9.97 Å². The first kappa shape index (κ1) is 11.4. The smallest absolute Gasteiger partial charge is 0.138 e. The van der Waals surface area contributed by atoms with Gasteiger partial charge in [-0.1, -0.05) is 18.5 Å². The van der Waals surface area contributed by atoms with Gasteiger partial charge < -0.3 is 5.32 Å². The van der Waals surface area contributed by atoms with Gasteiger partial charge >= 0.3 is 0 Å². The van der Waals surface area contributed by atoms with E-state index in [9.17, 15) is 0 Å². The Labute approximate surface area is 104 Å². The van der Waals surface area contributed by atoms with Gasteiger partial charge in [0, 0.05) is 17.4 Å². The lowest BCUT2D eigenvalue weighted by Crippen LogP contribution is -2.02. The summed E-state index contributed by atoms with van der Waals surface area (Å²) < 4.78 is 0. The Morgan fingerprint density at radius 2 is 2.25 bits per heavy atom. The third-order valence-electron chi connectivity index (χ3n) is 2.23. The molecule has 0 saturated heterocycles. The summed E-state index contributed by atoms with van der Waals surface area (Å²) in [6.45, 7) is 3.92. The van der Waals surface area contributed by atoms with Crippen molar-refractivity contribution in [3.8, 4) is 0 Å². The monoisotopic (exact) mass is 253 g/mol. The van der Waals surface area contributed by atoms with Crippen molar-refractivity contribution in [2.75, 3.05) is 5.32 Å². The molecular weight excluding hydrogens is 242 g/mol. The van der Waals surface area contributed by atoms with Crippen LogP contribution in [0.15, 0.2) is 16.8 Å². The molecule has 5 heteroatoms. The van der Waals surface area contributed by atoms with E-state index in [1.807, 2.05) is 30.7 Å². The fourth-order valence-electron chi connectivity index (χ4n) is 1.28. The lowest BCUT2D eigenvalue weighted by atomic mass is 10.3. The summed E-state index contributed by atoms with van der Waals surface area (Å²) >= 11 is 7.69. The minimum Gasteiger partial charge on any atom is -0.339 e. The van der Waals surface area contributed by atoms with Crippen LogP contribution in [-0.2, 0) is 6.42 Å². The number of rotatable bonds is 3. The molecule has 0 unspecified atom stereocenters. The first-order chi connectivity index (χ1) is 7.70. The van der Waals surface area contributed by atoms with Crippen molar-refractivity contribution in [3.05, 3.63) is 33.4 Å². The number of anilines is 2. The maximum absolute atomic E-state index is 6.05. The summed E-state index contributed by atoms with van der Waals surface area (Å²) in [5.74, 6) is 1.54. The van der Waals surface area contributed by atoms with Gasteiger partial charge in [0.15, 0.2) is 0 Å². The average molecular weight is 254 g/mol. The summed E-state index contributed by atoms with van der Waals surface area (Å²) in [6.07, 6.45) is 0.776. The molecule has 0 aliphatic heterocycles. The number of nitrogens with zero attached hydrogens (tertiary/aromatic N) is 2. The molecule has 0 aromatic carbocycles. The van der Waals surface area contributed by atoms with Crippen LogP contribution in [0.5, 0.6) is 0 Å². The summed E-state index contributed by atoms with van der Waals surface area (Å²) in [5, 5.41) is 7.80. The normalized spacial score (nSPS) is 10.4. The number of thiophene rings is 1. The molecule has 0 radical (unpaired) electrons. The quantitative estimate of drug-likeness (QED) is 0.846. The van der Waals surface area contributed by atoms with Crippen LogP contribution in [0.3, 0.4) is 0 Å². The summed E-state index contributed by atoms with van der Waals surface area (Å²) in [6, 6.07) is 2.01. The maximum atomic E-state index is 6.05. The van der Waals surface area contributed by atoms with Crippen molar-refractivity contribution in [2.24, 2.45) is 0 Å². The molecule has 16 heavy (non-hydrogen) atoms. The number of aromatic nitrogens is 2. The lowest BCUT2D eigenvalue weighted by Gasteiger charge is -2.09. The number of halogens is 1. The number of hydrogen-bond acceptors (Lipinski definition) is 4. The summed E-state index contributed by atoms with van der Waals surface area (Å²) in [5.41, 5.74) is 1.91. The molecule has 2 aromatic heterocycles. The number of aryl methyl sites for hydroxylation is 1. The van der Waals surface area contributed by atoms with Gasteiger partial charge in [0.1, 0.15) is 16.8 Å². The van der Waals surface area contributed by atoms with E-state index in [0.717, 1.165) is 29.3 Å². The second-order valence-electron chi connectivity index (χ2n) is 3.39. The van der Waals surface area contributed by atoms with Gasteiger partial charge in [-0.15, -0.1) is 0 Å². The van der Waals surface area contributed by atoms with Crippen molar-refractivity contribution in [1.82, 2.24) is 9.97 Å². The van der Waals surface area contributed by atoms with Crippen LogP contribution >= 0.6 is 22.9 Å². The SMILES string of the molecule is CCc1nc(Cl)c(C)c(Nc2ccsc2)n1. The molecule has 2 rings (SSSR count). The van der Waals surface area contributed by atoms with E-state index in [1.54, 1.807) is 11.3 Å². The van der Waals surface area contributed by atoms with Gasteiger partial charge in [0.2, 0.25) is 0 Å². The van der Waals surface area contributed by atoms with Gasteiger partial charge in [-0.05, 0) is 18.4 Å². The standard InChI is InChI=1S/C11H12ClN3S/c1-3-9-14-10(12)7(2)11(15-9)13-8-4-5-16-6-8/h4-6H,3H2,1-2H3,(H,13,14,15). The van der Waals surface area contributed by atoms with E-state index < -0.39 is 0 Å². The van der Waals surface area contributed by atoms with E-state index in [-0.39, 0.29) is 0 Å². The van der Waals surface area contributed by atoms with Crippen LogP contribution in [0.4, 0.5) is 11.5 Å². The highest BCUT2D eigenvalue weighted by atomic mass is 35.5. The highest BCUT2D eigenvalue weighted by Gasteiger charge is 2.08. The van der Waals surface area contributed by atoms with Gasteiger partial charge in [-0.2, -0.15) is 11.3 Å². The van der Waals surface area contributed by atoms with Crippen molar-refractivity contribution in [1.29, 1.82) is 0 Å². The van der Waals surface area contributed by atoms with Gasteiger partial charge in [-0.3, -0.25) is 0 Å². The molecule has 3 nitrogen and oxygen atoms in total. The molecular formula is C11H12ClN3S. The van der Waals surface area contributed by atoms with Crippen LogP contribution in [0, 0.1) is 6.92 Å². The highest BCUT2D eigenvalue weighted by Crippen LogP contribution is 2.24. The fraction of sp³-hybridized carbons (Fsp3) is 0.273. The van der Waals surface area contributed by atoms with E-state index >= 15 is 0 Å². The zero-order chi connectivity index (χ0) is 11.5. The molecule has 0 spiro atoms. The minimum absolute atomic E-state index is 0.518. The average Bonchev–Trinajstić information content (AvgIpc) is 2.77. The number of nitrogens with one attached hydrogen (secondary N) is 1. The third kappa shape index (κ3) is 2.33. The Hall–Kier alpha value is -1.13. The molecule has 84 valence electrons. The Balaban J connectivity index is 2.36. The van der Waals surface area contributed by atoms with E-state index in [0.29, 0.717) is 5.15 Å². The zero-order valence-corrected chi connectivity index (χ0v) is 10.7. The van der Waals surface area contributed by atoms with Crippen molar-refractivity contribution >= 4 is 34.4 Å². The molecule has 0 saturated carbocycles. The van der Waals surface area contributed by atoms with Crippen molar-refractivity contribution in [2.45, 2.75) is 20.3 Å². The van der Waals surface area contributed by atoms with Crippen LogP contribution in [0.2, 0.25) is 5.15 Å². The second kappa shape index (κ2) is 4.80. The first-order valence-corrected chi connectivity index (χ1v) is 6.35. The Morgan fingerprint density at radius 1 is 1.44 bits per heavy atom. The molecule has 2 heterocycles. The molecule has 0 aliphatic rings. The Kier molecular flexibility index (Phi) is 3.41. The van der Waals surface area contributed by atoms with E-state index in [4.69, 9.17) is 11.6 Å². The first-order valence-electron chi connectivity index (χ1n) is 5.03. The number of hydrogen-bond donors (Lipinski definition) is 1. The minimum atomic E-state index is 0.518. The lowest BCUT2D eigenvalue weighted by molar-refractivity contribution is 0.934. The van der Waals surface area contributed by atoms with Gasteiger partial charge in [-0.25, -0.2) is 9.97 Å². The van der Waals surface area contributed by atoms with E-state index in [1.165, 1.54) is 0 Å². The molecule has 0 atom stereocenters. The largest absolute Gasteiger partial charge is 0.339 e. The predicted molar refractivity (Wildman–Crippen MR) is 68.8 cm³/mol. The zero-order valence-electron chi connectivity index (χ0n) is 9.12. The van der Waals surface area contributed by atoms with Crippen LogP contribution < -0.4 is 5.32 Å². The Bertz CT molecular complexity index is 482. The molecule has 1 N–H and O–H groups in total. The van der Waals surface area contributed by atoms with Gasteiger partial charge in [0.05, 0.1) is 5.69 Å². The molecule has 0 amide bonds. The molecule has 2 aromatic rings. The predicted octanol–water partition coefficient (Wildman–Crippen LogP) is 3.81. The summed E-state index contributed by atoms with van der Waals surface area (Å²) in [4.78, 5) is 8.62. The third-order valence-corrected chi connectivity index (χ3v) is 3.28. The molecule has 0 bridgehead atoms. The fourth-order valence-corrected chi connectivity index (χ4v) is 2.06. The maximum Gasteiger partial charge on any atom is 0.138 e. The Morgan fingerprint density at radius 3 is 2.88 bits per heavy atom. The van der Waals surface area contributed by atoms with Gasteiger partial charge in [0.25, 0.3) is 0 Å². The van der Waals surface area contributed by atoms with Crippen LogP contribution in [0.1, 0.15) is 18.3 Å². The molecule has 0 aliphatic carbocycles. The van der Waals surface area contributed by atoms with Crippen molar-refractivity contribution in [3.63, 3.8) is 0 Å². The molecule has 0 fully saturated rings. The van der Waals surface area contributed by atoms with Crippen molar-refractivity contribution < 1.29 is 0 Å². The topological polar surface area (TPSA) is 37.8 Å².